The summed E-state index contributed by atoms with van der Waals surface area (Å²) in [5.74, 6) is -0.0119. The number of anilines is 1. The third kappa shape index (κ3) is 5.70. The van der Waals surface area contributed by atoms with E-state index in [9.17, 15) is 4.79 Å². The van der Waals surface area contributed by atoms with Gasteiger partial charge in [-0.2, -0.15) is 0 Å². The van der Waals surface area contributed by atoms with Crippen molar-refractivity contribution in [1.29, 1.82) is 0 Å². The first kappa shape index (κ1) is 22.9. The van der Waals surface area contributed by atoms with Gasteiger partial charge in [0.1, 0.15) is 0 Å². The molecule has 0 atom stereocenters. The van der Waals surface area contributed by atoms with Gasteiger partial charge in [0.05, 0.1) is 10.2 Å². The predicted octanol–water partition coefficient (Wildman–Crippen LogP) is 5.52. The zero-order chi connectivity index (χ0) is 20.9. The number of likely N-dealkylation sites (N-methyl/N-ethyl adjacent to an activating group) is 1. The fraction of sp³-hybridized carbons (Fsp3) is 0.200. The molecule has 31 heavy (non-hydrogen) atoms. The van der Waals surface area contributed by atoms with E-state index in [0.717, 1.165) is 28.3 Å². The molecule has 4 rings (SSSR count). The Morgan fingerprint density at radius 2 is 1.48 bits per heavy atom. The van der Waals surface area contributed by atoms with Gasteiger partial charge in [-0.15, -0.1) is 12.4 Å². The lowest BCUT2D eigenvalue weighted by Gasteiger charge is -2.22. The number of fused-ring (bicyclic) bond motifs is 1. The lowest BCUT2D eigenvalue weighted by molar-refractivity contribution is 0.0985. The Kier molecular flexibility index (Phi) is 7.80. The minimum Gasteiger partial charge on any atom is -0.308 e. The van der Waals surface area contributed by atoms with Crippen LogP contribution in [0.15, 0.2) is 78.9 Å². The van der Waals surface area contributed by atoms with Crippen molar-refractivity contribution in [2.24, 2.45) is 0 Å². The molecule has 1 heterocycles. The van der Waals surface area contributed by atoms with E-state index in [-0.39, 0.29) is 18.3 Å². The molecular formula is C25H26ClN3OS. The van der Waals surface area contributed by atoms with Crippen LogP contribution in [0.3, 0.4) is 0 Å². The van der Waals surface area contributed by atoms with E-state index >= 15 is 0 Å². The minimum absolute atomic E-state index is 0. The lowest BCUT2D eigenvalue weighted by atomic mass is 10.0. The van der Waals surface area contributed by atoms with Crippen molar-refractivity contribution in [3.8, 4) is 0 Å². The van der Waals surface area contributed by atoms with Crippen molar-refractivity contribution in [2.75, 3.05) is 32.1 Å². The number of thiazole rings is 1. The Hall–Kier alpha value is -2.73. The molecule has 0 radical (unpaired) electrons. The molecule has 0 saturated heterocycles. The molecule has 0 unspecified atom stereocenters. The average Bonchev–Trinajstić information content (AvgIpc) is 3.18. The van der Waals surface area contributed by atoms with Crippen LogP contribution in [0.4, 0.5) is 5.13 Å². The molecule has 0 fully saturated rings. The van der Waals surface area contributed by atoms with Crippen molar-refractivity contribution < 1.29 is 4.79 Å². The number of hydrogen-bond acceptors (Lipinski definition) is 4. The maximum absolute atomic E-state index is 13.4. The summed E-state index contributed by atoms with van der Waals surface area (Å²) in [6.07, 6.45) is 0.859. The molecule has 4 aromatic rings. The summed E-state index contributed by atoms with van der Waals surface area (Å²) < 4.78 is 1.09. The highest BCUT2D eigenvalue weighted by Gasteiger charge is 2.21. The van der Waals surface area contributed by atoms with E-state index in [1.807, 2.05) is 80.8 Å². The second-order valence-electron chi connectivity index (χ2n) is 7.58. The monoisotopic (exact) mass is 451 g/mol. The zero-order valence-corrected chi connectivity index (χ0v) is 19.3. The summed E-state index contributed by atoms with van der Waals surface area (Å²) >= 11 is 1.56. The molecule has 0 N–H and O–H groups in total. The van der Waals surface area contributed by atoms with Crippen molar-refractivity contribution in [1.82, 2.24) is 9.88 Å². The zero-order valence-electron chi connectivity index (χ0n) is 17.7. The first-order valence-corrected chi connectivity index (χ1v) is 10.9. The number of carbonyl (C=O) groups is 1. The van der Waals surface area contributed by atoms with Crippen LogP contribution in [-0.4, -0.2) is 43.0 Å². The van der Waals surface area contributed by atoms with Crippen LogP contribution >= 0.6 is 23.7 Å². The van der Waals surface area contributed by atoms with Gasteiger partial charge in [-0.1, -0.05) is 65.9 Å². The number of amides is 1. The summed E-state index contributed by atoms with van der Waals surface area (Å²) in [4.78, 5) is 22.0. The van der Waals surface area contributed by atoms with Gasteiger partial charge in [-0.05, 0) is 55.9 Å². The summed E-state index contributed by atoms with van der Waals surface area (Å²) in [5.41, 5.74) is 4.07. The Balaban J connectivity index is 0.00000272. The van der Waals surface area contributed by atoms with E-state index in [4.69, 9.17) is 4.98 Å². The number of benzene rings is 3. The number of hydrogen-bond donors (Lipinski definition) is 0. The molecule has 0 spiro atoms. The van der Waals surface area contributed by atoms with Gasteiger partial charge >= 0.3 is 0 Å². The molecule has 4 nitrogen and oxygen atoms in total. The Morgan fingerprint density at radius 1 is 0.839 bits per heavy atom. The van der Waals surface area contributed by atoms with Gasteiger partial charge in [-0.25, -0.2) is 4.98 Å². The van der Waals surface area contributed by atoms with Crippen molar-refractivity contribution in [2.45, 2.75) is 6.42 Å². The fourth-order valence-electron chi connectivity index (χ4n) is 3.31. The van der Waals surface area contributed by atoms with E-state index in [1.54, 1.807) is 16.2 Å². The molecule has 0 aliphatic carbocycles. The van der Waals surface area contributed by atoms with Crippen LogP contribution in [0.25, 0.3) is 10.2 Å². The predicted molar refractivity (Wildman–Crippen MR) is 133 cm³/mol. The third-order valence-electron chi connectivity index (χ3n) is 4.98. The molecule has 6 heteroatoms. The van der Waals surface area contributed by atoms with Crippen molar-refractivity contribution in [3.05, 3.63) is 95.6 Å². The topological polar surface area (TPSA) is 36.4 Å². The molecule has 0 aliphatic heterocycles. The summed E-state index contributed by atoms with van der Waals surface area (Å²) in [5, 5.41) is 0.747. The van der Waals surface area contributed by atoms with E-state index in [0.29, 0.717) is 12.1 Å². The SMILES string of the molecule is CN(C)CCN(C(=O)c1ccc(Cc2ccccc2)cc1)c1nc2ccccc2s1.Cl. The van der Waals surface area contributed by atoms with Gasteiger partial charge < -0.3 is 4.90 Å². The van der Waals surface area contributed by atoms with Gasteiger partial charge in [0.25, 0.3) is 5.91 Å². The highest BCUT2D eigenvalue weighted by atomic mass is 35.5. The number of nitrogens with zero attached hydrogens (tertiary/aromatic N) is 3. The summed E-state index contributed by atoms with van der Waals surface area (Å²) in [6, 6.07) is 26.3. The first-order valence-electron chi connectivity index (χ1n) is 10.1. The molecule has 0 aliphatic rings. The second-order valence-corrected chi connectivity index (χ2v) is 8.59. The van der Waals surface area contributed by atoms with Gasteiger partial charge in [-0.3, -0.25) is 9.69 Å². The van der Waals surface area contributed by atoms with E-state index in [1.165, 1.54) is 11.1 Å². The molecule has 160 valence electrons. The van der Waals surface area contributed by atoms with Crippen LogP contribution in [-0.2, 0) is 6.42 Å². The van der Waals surface area contributed by atoms with Crippen molar-refractivity contribution >= 4 is 45.0 Å². The Labute approximate surface area is 193 Å². The molecular weight excluding hydrogens is 426 g/mol. The number of halogens is 1. The maximum atomic E-state index is 13.4. The van der Waals surface area contributed by atoms with Crippen LogP contribution in [0.2, 0.25) is 0 Å². The van der Waals surface area contributed by atoms with Gasteiger partial charge in [0.15, 0.2) is 5.13 Å². The minimum atomic E-state index is -0.0119. The molecule has 0 bridgehead atoms. The number of carbonyl (C=O) groups excluding carboxylic acids is 1. The highest BCUT2D eigenvalue weighted by Crippen LogP contribution is 2.29. The molecule has 3 aromatic carbocycles. The summed E-state index contributed by atoms with van der Waals surface area (Å²) in [7, 11) is 4.03. The molecule has 0 saturated carbocycles. The maximum Gasteiger partial charge on any atom is 0.260 e. The number of aromatic nitrogens is 1. The first-order chi connectivity index (χ1) is 14.6. The average molecular weight is 452 g/mol. The van der Waals surface area contributed by atoms with Gasteiger partial charge in [0.2, 0.25) is 0 Å². The van der Waals surface area contributed by atoms with E-state index in [2.05, 4.69) is 17.0 Å². The Morgan fingerprint density at radius 3 is 2.16 bits per heavy atom. The van der Waals surface area contributed by atoms with Crippen LogP contribution < -0.4 is 4.90 Å². The van der Waals surface area contributed by atoms with E-state index < -0.39 is 0 Å². The molecule has 1 aromatic heterocycles. The molecule has 1 amide bonds. The summed E-state index contributed by atoms with van der Waals surface area (Å²) in [6.45, 7) is 1.37. The van der Waals surface area contributed by atoms with Crippen LogP contribution in [0.5, 0.6) is 0 Å². The number of rotatable bonds is 7. The van der Waals surface area contributed by atoms with Gasteiger partial charge in [0, 0.05) is 18.7 Å². The van der Waals surface area contributed by atoms with Crippen molar-refractivity contribution in [3.63, 3.8) is 0 Å². The smallest absolute Gasteiger partial charge is 0.260 e. The fourth-order valence-corrected chi connectivity index (χ4v) is 4.30. The third-order valence-corrected chi connectivity index (χ3v) is 6.04. The number of para-hydroxylation sites is 1. The lowest BCUT2D eigenvalue weighted by Crippen LogP contribution is -2.36. The normalized spacial score (nSPS) is 10.8. The quantitative estimate of drug-likeness (QED) is 0.371. The highest BCUT2D eigenvalue weighted by molar-refractivity contribution is 7.22. The Bertz CT molecular complexity index is 1090. The largest absolute Gasteiger partial charge is 0.308 e. The van der Waals surface area contributed by atoms with Crippen LogP contribution in [0, 0.1) is 0 Å². The van der Waals surface area contributed by atoms with Crippen LogP contribution in [0.1, 0.15) is 21.5 Å². The second kappa shape index (κ2) is 10.5. The standard InChI is InChI=1S/C25H25N3OS.ClH/c1-27(2)16-17-28(25-26-22-10-6-7-11-23(22)30-25)24(29)21-14-12-20(13-15-21)18-19-8-4-3-5-9-19;/h3-15H,16-18H2,1-2H3;1H.